The summed E-state index contributed by atoms with van der Waals surface area (Å²) in [6, 6.07) is 9.49. The highest BCUT2D eigenvalue weighted by molar-refractivity contribution is 5.86. The minimum atomic E-state index is -0.549. The van der Waals surface area contributed by atoms with Gasteiger partial charge in [0.1, 0.15) is 6.10 Å². The van der Waals surface area contributed by atoms with E-state index in [1.165, 1.54) is 4.90 Å². The van der Waals surface area contributed by atoms with E-state index >= 15 is 0 Å². The number of carbonyl (C=O) groups excluding carboxylic acids is 2. The van der Waals surface area contributed by atoms with E-state index in [0.717, 1.165) is 12.1 Å². The fourth-order valence-electron chi connectivity index (χ4n) is 2.13. The number of primary amides is 1. The molecule has 0 bridgehead atoms. The molecule has 116 valence electrons. The molecule has 1 heterocycles. The lowest BCUT2D eigenvalue weighted by Gasteiger charge is -2.29. The van der Waals surface area contributed by atoms with Gasteiger partial charge in [0, 0.05) is 19.6 Å². The molecule has 0 radical (unpaired) electrons. The van der Waals surface area contributed by atoms with Gasteiger partial charge >= 0.3 is 0 Å². The zero-order valence-corrected chi connectivity index (χ0v) is 12.5. The van der Waals surface area contributed by atoms with Crippen LogP contribution >= 0.6 is 12.4 Å². The monoisotopic (exact) mass is 313 g/mol. The second-order valence-corrected chi connectivity index (χ2v) is 4.71. The van der Waals surface area contributed by atoms with Gasteiger partial charge in [-0.2, -0.15) is 0 Å². The SMILES string of the molecule is Cl.NC(=O)CN(Cc1ccccc1)C(=O)C1CNCCO1. The summed E-state index contributed by atoms with van der Waals surface area (Å²) in [6.07, 6.45) is -0.549. The lowest BCUT2D eigenvalue weighted by Crippen LogP contribution is -2.50. The summed E-state index contributed by atoms with van der Waals surface area (Å²) in [5.74, 6) is -0.738. The van der Waals surface area contributed by atoms with Crippen molar-refractivity contribution in [3.63, 3.8) is 0 Å². The predicted octanol–water partition coefficient (Wildman–Crippen LogP) is -0.0893. The van der Waals surface area contributed by atoms with Crippen LogP contribution in [0.5, 0.6) is 0 Å². The third-order valence-electron chi connectivity index (χ3n) is 3.08. The Hall–Kier alpha value is -1.63. The molecule has 21 heavy (non-hydrogen) atoms. The summed E-state index contributed by atoms with van der Waals surface area (Å²) in [6.45, 7) is 1.93. The minimum Gasteiger partial charge on any atom is -0.368 e. The third kappa shape index (κ3) is 5.34. The van der Waals surface area contributed by atoms with Crippen molar-refractivity contribution in [2.45, 2.75) is 12.6 Å². The van der Waals surface area contributed by atoms with Crippen LogP contribution in [0.2, 0.25) is 0 Å². The van der Waals surface area contributed by atoms with Crippen LogP contribution in [0.3, 0.4) is 0 Å². The van der Waals surface area contributed by atoms with Gasteiger partial charge in [0.15, 0.2) is 0 Å². The van der Waals surface area contributed by atoms with Crippen molar-refractivity contribution >= 4 is 24.2 Å². The smallest absolute Gasteiger partial charge is 0.253 e. The molecule has 0 saturated carbocycles. The maximum Gasteiger partial charge on any atom is 0.253 e. The number of amides is 2. The lowest BCUT2D eigenvalue weighted by atomic mass is 10.2. The minimum absolute atomic E-state index is 0. The Labute approximate surface area is 130 Å². The highest BCUT2D eigenvalue weighted by Crippen LogP contribution is 2.08. The lowest BCUT2D eigenvalue weighted by molar-refractivity contribution is -0.147. The molecular weight excluding hydrogens is 294 g/mol. The van der Waals surface area contributed by atoms with E-state index in [9.17, 15) is 9.59 Å². The van der Waals surface area contributed by atoms with Gasteiger partial charge in [0.25, 0.3) is 5.91 Å². The van der Waals surface area contributed by atoms with Gasteiger partial charge in [0.2, 0.25) is 5.91 Å². The maximum absolute atomic E-state index is 12.4. The summed E-state index contributed by atoms with van der Waals surface area (Å²) in [4.78, 5) is 25.0. The molecule has 0 aliphatic carbocycles. The quantitative estimate of drug-likeness (QED) is 0.796. The molecule has 3 N–H and O–H groups in total. The number of nitrogens with one attached hydrogen (secondary N) is 1. The molecule has 1 aromatic carbocycles. The Morgan fingerprint density at radius 2 is 2.05 bits per heavy atom. The molecule has 1 saturated heterocycles. The number of hydrogen-bond donors (Lipinski definition) is 2. The van der Waals surface area contributed by atoms with E-state index in [2.05, 4.69) is 5.32 Å². The van der Waals surface area contributed by atoms with Gasteiger partial charge in [0.05, 0.1) is 13.2 Å². The molecule has 0 spiro atoms. The van der Waals surface area contributed by atoms with Gasteiger partial charge in [-0.15, -0.1) is 12.4 Å². The Morgan fingerprint density at radius 3 is 2.62 bits per heavy atom. The molecule has 7 heteroatoms. The molecule has 1 unspecified atom stereocenters. The fourth-order valence-corrected chi connectivity index (χ4v) is 2.13. The zero-order chi connectivity index (χ0) is 14.4. The molecule has 1 atom stereocenters. The van der Waals surface area contributed by atoms with E-state index in [4.69, 9.17) is 10.5 Å². The highest BCUT2D eigenvalue weighted by atomic mass is 35.5. The van der Waals surface area contributed by atoms with E-state index in [0.29, 0.717) is 19.7 Å². The van der Waals surface area contributed by atoms with Gasteiger partial charge in [-0.25, -0.2) is 0 Å². The summed E-state index contributed by atoms with van der Waals surface area (Å²) < 4.78 is 5.43. The molecule has 2 rings (SSSR count). The Balaban J connectivity index is 0.00000220. The summed E-state index contributed by atoms with van der Waals surface area (Å²) in [7, 11) is 0. The summed E-state index contributed by atoms with van der Waals surface area (Å²) in [5, 5.41) is 3.10. The molecule has 2 amide bonds. The fraction of sp³-hybridized carbons (Fsp3) is 0.429. The van der Waals surface area contributed by atoms with Crippen molar-refractivity contribution in [1.29, 1.82) is 0 Å². The normalized spacial score (nSPS) is 17.6. The van der Waals surface area contributed by atoms with Crippen LogP contribution in [0.1, 0.15) is 5.56 Å². The largest absolute Gasteiger partial charge is 0.368 e. The van der Waals surface area contributed by atoms with Crippen LogP contribution in [0, 0.1) is 0 Å². The topological polar surface area (TPSA) is 84.7 Å². The van der Waals surface area contributed by atoms with Gasteiger partial charge in [-0.3, -0.25) is 9.59 Å². The Bertz CT molecular complexity index is 464. The number of benzene rings is 1. The standard InChI is InChI=1S/C14H19N3O3.ClH/c15-13(18)10-17(9-11-4-2-1-3-5-11)14(19)12-8-16-6-7-20-12;/h1-5,12,16H,6-10H2,(H2,15,18);1H. The first-order chi connectivity index (χ1) is 9.66. The molecule has 1 aromatic rings. The van der Waals surface area contributed by atoms with Crippen molar-refractivity contribution in [3.8, 4) is 0 Å². The number of carbonyl (C=O) groups is 2. The summed E-state index contributed by atoms with van der Waals surface area (Å²) in [5.41, 5.74) is 6.17. The van der Waals surface area contributed by atoms with Crippen molar-refractivity contribution < 1.29 is 14.3 Å². The van der Waals surface area contributed by atoms with Gasteiger partial charge in [-0.05, 0) is 5.56 Å². The van der Waals surface area contributed by atoms with Crippen LogP contribution < -0.4 is 11.1 Å². The van der Waals surface area contributed by atoms with Crippen molar-refractivity contribution in [2.24, 2.45) is 5.73 Å². The number of rotatable bonds is 5. The van der Waals surface area contributed by atoms with Gasteiger partial charge in [-0.1, -0.05) is 30.3 Å². The summed E-state index contributed by atoms with van der Waals surface area (Å²) >= 11 is 0. The highest BCUT2D eigenvalue weighted by Gasteiger charge is 2.27. The second kappa shape index (κ2) is 8.61. The number of nitrogens with zero attached hydrogens (tertiary/aromatic N) is 1. The number of ether oxygens (including phenoxy) is 1. The van der Waals surface area contributed by atoms with Crippen molar-refractivity contribution in [1.82, 2.24) is 10.2 Å². The van der Waals surface area contributed by atoms with E-state index in [1.54, 1.807) is 0 Å². The van der Waals surface area contributed by atoms with E-state index in [-0.39, 0.29) is 24.9 Å². The Morgan fingerprint density at radius 1 is 1.33 bits per heavy atom. The number of nitrogens with two attached hydrogens (primary N) is 1. The van der Waals surface area contributed by atoms with Gasteiger partial charge < -0.3 is 20.7 Å². The first-order valence-electron chi connectivity index (χ1n) is 6.60. The van der Waals surface area contributed by atoms with E-state index in [1.807, 2.05) is 30.3 Å². The van der Waals surface area contributed by atoms with E-state index < -0.39 is 12.0 Å². The van der Waals surface area contributed by atoms with Crippen LogP contribution in [0.15, 0.2) is 30.3 Å². The first-order valence-corrected chi connectivity index (χ1v) is 6.60. The predicted molar refractivity (Wildman–Crippen MR) is 80.9 cm³/mol. The van der Waals surface area contributed by atoms with Crippen molar-refractivity contribution in [2.75, 3.05) is 26.2 Å². The molecule has 1 aliphatic rings. The molecule has 1 aliphatic heterocycles. The average Bonchev–Trinajstić information content (AvgIpc) is 2.47. The van der Waals surface area contributed by atoms with Crippen LogP contribution in [-0.2, 0) is 20.9 Å². The van der Waals surface area contributed by atoms with Crippen LogP contribution in [-0.4, -0.2) is 49.1 Å². The number of morpholine rings is 1. The molecule has 6 nitrogen and oxygen atoms in total. The van der Waals surface area contributed by atoms with Crippen LogP contribution in [0.25, 0.3) is 0 Å². The third-order valence-corrected chi connectivity index (χ3v) is 3.08. The molecule has 1 fully saturated rings. The molecule has 0 aromatic heterocycles. The second-order valence-electron chi connectivity index (χ2n) is 4.71. The zero-order valence-electron chi connectivity index (χ0n) is 11.7. The maximum atomic E-state index is 12.4. The molecular formula is C14H20ClN3O3. The average molecular weight is 314 g/mol. The number of hydrogen-bond acceptors (Lipinski definition) is 4. The number of halogens is 1. The first kappa shape index (κ1) is 17.4. The van der Waals surface area contributed by atoms with Crippen LogP contribution in [0.4, 0.5) is 0 Å². The Kier molecular flexibility index (Phi) is 7.14. The van der Waals surface area contributed by atoms with Crippen molar-refractivity contribution in [3.05, 3.63) is 35.9 Å².